The van der Waals surface area contributed by atoms with Crippen LogP contribution in [-0.2, 0) is 0 Å². The lowest BCUT2D eigenvalue weighted by Crippen LogP contribution is -2.39. The third kappa shape index (κ3) is 4.62. The van der Waals surface area contributed by atoms with Crippen molar-refractivity contribution in [3.8, 4) is 0 Å². The molecule has 1 saturated carbocycles. The van der Waals surface area contributed by atoms with E-state index < -0.39 is 0 Å². The SMILES string of the molecule is CCCCC(CC)CC1(O)CCC(C)C(C)C1. The Morgan fingerprint density at radius 1 is 1.24 bits per heavy atom. The fraction of sp³-hybridized carbons (Fsp3) is 1.00. The second kappa shape index (κ2) is 6.78. The van der Waals surface area contributed by atoms with Crippen molar-refractivity contribution in [2.45, 2.75) is 84.7 Å². The third-order valence-corrected chi connectivity index (χ3v) is 4.95. The van der Waals surface area contributed by atoms with E-state index in [1.807, 2.05) is 0 Å². The third-order valence-electron chi connectivity index (χ3n) is 4.95. The molecule has 0 aromatic heterocycles. The van der Waals surface area contributed by atoms with E-state index >= 15 is 0 Å². The molecule has 4 unspecified atom stereocenters. The van der Waals surface area contributed by atoms with Gasteiger partial charge < -0.3 is 5.11 Å². The highest BCUT2D eigenvalue weighted by Gasteiger charge is 2.36. The first-order valence-corrected chi connectivity index (χ1v) is 7.73. The van der Waals surface area contributed by atoms with Crippen LogP contribution in [0.2, 0.25) is 0 Å². The smallest absolute Gasteiger partial charge is 0.0653 e. The Bertz CT molecular complexity index is 214. The van der Waals surface area contributed by atoms with E-state index in [1.54, 1.807) is 0 Å². The predicted molar refractivity (Wildman–Crippen MR) is 75.1 cm³/mol. The van der Waals surface area contributed by atoms with E-state index in [1.165, 1.54) is 32.1 Å². The molecule has 4 atom stereocenters. The molecule has 1 aliphatic rings. The Morgan fingerprint density at radius 2 is 1.94 bits per heavy atom. The van der Waals surface area contributed by atoms with Gasteiger partial charge in [0.15, 0.2) is 0 Å². The zero-order chi connectivity index (χ0) is 12.9. The summed E-state index contributed by atoms with van der Waals surface area (Å²) in [4.78, 5) is 0. The summed E-state index contributed by atoms with van der Waals surface area (Å²) >= 11 is 0. The van der Waals surface area contributed by atoms with Gasteiger partial charge in [-0.25, -0.2) is 0 Å². The van der Waals surface area contributed by atoms with Crippen molar-refractivity contribution < 1.29 is 5.11 Å². The Balaban J connectivity index is 2.47. The lowest BCUT2D eigenvalue weighted by molar-refractivity contribution is -0.0477. The molecule has 0 spiro atoms. The molecular formula is C16H32O. The molecule has 0 aliphatic heterocycles. The van der Waals surface area contributed by atoms with Gasteiger partial charge in [0.05, 0.1) is 5.60 Å². The van der Waals surface area contributed by atoms with E-state index in [4.69, 9.17) is 0 Å². The zero-order valence-electron chi connectivity index (χ0n) is 12.3. The van der Waals surface area contributed by atoms with E-state index in [0.29, 0.717) is 5.92 Å². The summed E-state index contributed by atoms with van der Waals surface area (Å²) < 4.78 is 0. The fourth-order valence-corrected chi connectivity index (χ4v) is 3.35. The summed E-state index contributed by atoms with van der Waals surface area (Å²) in [5.41, 5.74) is -0.347. The Hall–Kier alpha value is -0.0400. The maximum absolute atomic E-state index is 10.8. The number of hydrogen-bond donors (Lipinski definition) is 1. The van der Waals surface area contributed by atoms with E-state index in [-0.39, 0.29) is 5.60 Å². The average molecular weight is 240 g/mol. The van der Waals surface area contributed by atoms with Crippen LogP contribution in [0.25, 0.3) is 0 Å². The van der Waals surface area contributed by atoms with Gasteiger partial charge in [0.1, 0.15) is 0 Å². The van der Waals surface area contributed by atoms with Crippen LogP contribution in [0.1, 0.15) is 79.1 Å². The second-order valence-electron chi connectivity index (χ2n) is 6.54. The van der Waals surface area contributed by atoms with Gasteiger partial charge >= 0.3 is 0 Å². The summed E-state index contributed by atoms with van der Waals surface area (Å²) in [7, 11) is 0. The van der Waals surface area contributed by atoms with Crippen molar-refractivity contribution in [3.63, 3.8) is 0 Å². The van der Waals surface area contributed by atoms with Crippen molar-refractivity contribution in [1.82, 2.24) is 0 Å². The van der Waals surface area contributed by atoms with Gasteiger partial charge in [-0.3, -0.25) is 0 Å². The second-order valence-corrected chi connectivity index (χ2v) is 6.54. The van der Waals surface area contributed by atoms with Gasteiger partial charge in [0.25, 0.3) is 0 Å². The van der Waals surface area contributed by atoms with Crippen LogP contribution in [-0.4, -0.2) is 10.7 Å². The Labute approximate surface area is 108 Å². The van der Waals surface area contributed by atoms with Gasteiger partial charge in [0, 0.05) is 0 Å². The molecule has 102 valence electrons. The first-order valence-electron chi connectivity index (χ1n) is 7.73. The minimum absolute atomic E-state index is 0.347. The van der Waals surface area contributed by atoms with Crippen molar-refractivity contribution in [1.29, 1.82) is 0 Å². The van der Waals surface area contributed by atoms with E-state index in [9.17, 15) is 5.11 Å². The normalized spacial score (nSPS) is 35.8. The molecule has 1 fully saturated rings. The first kappa shape index (κ1) is 15.0. The highest BCUT2D eigenvalue weighted by atomic mass is 16.3. The van der Waals surface area contributed by atoms with Gasteiger partial charge in [-0.2, -0.15) is 0 Å². The van der Waals surface area contributed by atoms with Crippen molar-refractivity contribution >= 4 is 0 Å². The summed E-state index contributed by atoms with van der Waals surface area (Å²) in [5.74, 6) is 2.23. The minimum Gasteiger partial charge on any atom is -0.390 e. The number of rotatable bonds is 6. The van der Waals surface area contributed by atoms with Crippen molar-refractivity contribution in [2.75, 3.05) is 0 Å². The monoisotopic (exact) mass is 240 g/mol. The molecule has 0 aromatic carbocycles. The molecule has 0 bridgehead atoms. The van der Waals surface area contributed by atoms with E-state index in [0.717, 1.165) is 31.1 Å². The molecule has 0 heterocycles. The molecule has 1 N–H and O–H groups in total. The standard InChI is InChI=1S/C16H32O/c1-5-7-8-15(6-2)12-16(17)10-9-13(3)14(4)11-16/h13-15,17H,5-12H2,1-4H3. The lowest BCUT2D eigenvalue weighted by Gasteiger charge is -2.41. The summed E-state index contributed by atoms with van der Waals surface area (Å²) in [5, 5.41) is 10.8. The minimum atomic E-state index is -0.347. The predicted octanol–water partition coefficient (Wildman–Crippen LogP) is 4.78. The van der Waals surface area contributed by atoms with Crippen LogP contribution < -0.4 is 0 Å². The topological polar surface area (TPSA) is 20.2 Å². The molecule has 0 radical (unpaired) electrons. The maximum atomic E-state index is 10.8. The fourth-order valence-electron chi connectivity index (χ4n) is 3.35. The number of hydrogen-bond acceptors (Lipinski definition) is 1. The van der Waals surface area contributed by atoms with Crippen LogP contribution >= 0.6 is 0 Å². The number of aliphatic hydroxyl groups is 1. The molecular weight excluding hydrogens is 208 g/mol. The van der Waals surface area contributed by atoms with Crippen LogP contribution in [0.3, 0.4) is 0 Å². The highest BCUT2D eigenvalue weighted by molar-refractivity contribution is 4.89. The summed E-state index contributed by atoms with van der Waals surface area (Å²) in [6, 6.07) is 0. The van der Waals surface area contributed by atoms with Gasteiger partial charge in [0.2, 0.25) is 0 Å². The summed E-state index contributed by atoms with van der Waals surface area (Å²) in [6.07, 6.45) is 9.44. The Morgan fingerprint density at radius 3 is 2.47 bits per heavy atom. The van der Waals surface area contributed by atoms with Gasteiger partial charge in [-0.1, -0.05) is 53.4 Å². The molecule has 1 heteroatoms. The molecule has 0 saturated heterocycles. The maximum Gasteiger partial charge on any atom is 0.0653 e. The van der Waals surface area contributed by atoms with Crippen LogP contribution in [0.4, 0.5) is 0 Å². The van der Waals surface area contributed by atoms with Crippen LogP contribution in [0, 0.1) is 17.8 Å². The molecule has 1 rings (SSSR count). The van der Waals surface area contributed by atoms with Crippen molar-refractivity contribution in [2.24, 2.45) is 17.8 Å². The molecule has 1 aliphatic carbocycles. The summed E-state index contributed by atoms with van der Waals surface area (Å²) in [6.45, 7) is 9.17. The first-order chi connectivity index (χ1) is 8.00. The molecule has 1 nitrogen and oxygen atoms in total. The Kier molecular flexibility index (Phi) is 5.99. The number of unbranched alkanes of at least 4 members (excludes halogenated alkanes) is 1. The highest BCUT2D eigenvalue weighted by Crippen LogP contribution is 2.40. The average Bonchev–Trinajstić information content (AvgIpc) is 2.30. The van der Waals surface area contributed by atoms with Crippen LogP contribution in [0.15, 0.2) is 0 Å². The molecule has 17 heavy (non-hydrogen) atoms. The van der Waals surface area contributed by atoms with E-state index in [2.05, 4.69) is 27.7 Å². The van der Waals surface area contributed by atoms with Crippen LogP contribution in [0.5, 0.6) is 0 Å². The lowest BCUT2D eigenvalue weighted by atomic mass is 9.69. The van der Waals surface area contributed by atoms with Crippen molar-refractivity contribution in [3.05, 3.63) is 0 Å². The van der Waals surface area contributed by atoms with Gasteiger partial charge in [-0.15, -0.1) is 0 Å². The quantitative estimate of drug-likeness (QED) is 0.708. The molecule has 0 amide bonds. The molecule has 0 aromatic rings. The van der Waals surface area contributed by atoms with Gasteiger partial charge in [-0.05, 0) is 43.4 Å². The zero-order valence-corrected chi connectivity index (χ0v) is 12.3. The largest absolute Gasteiger partial charge is 0.390 e.